The molecule has 1 heterocycles. The molecule has 3 nitrogen and oxygen atoms in total. The van der Waals surface area contributed by atoms with Gasteiger partial charge in [-0.2, -0.15) is 13.2 Å². The van der Waals surface area contributed by atoms with E-state index in [0.29, 0.717) is 0 Å². The zero-order chi connectivity index (χ0) is 11.6. The summed E-state index contributed by atoms with van der Waals surface area (Å²) in [6, 6.07) is 0.719. The number of esters is 1. The summed E-state index contributed by atoms with van der Waals surface area (Å²) in [6.07, 6.45) is -3.66. The third-order valence-electron chi connectivity index (χ3n) is 1.60. The second-order valence-corrected chi connectivity index (χ2v) is 3.26. The summed E-state index contributed by atoms with van der Waals surface area (Å²) in [5, 5.41) is 0. The first-order chi connectivity index (χ1) is 6.88. The summed E-state index contributed by atoms with van der Waals surface area (Å²) in [6.45, 7) is 0. The number of pyridine rings is 1. The van der Waals surface area contributed by atoms with Gasteiger partial charge < -0.3 is 4.74 Å². The van der Waals surface area contributed by atoms with Crippen molar-refractivity contribution in [1.29, 1.82) is 0 Å². The molecule has 0 aliphatic rings. The van der Waals surface area contributed by atoms with Crippen molar-refractivity contribution in [3.8, 4) is 0 Å². The molecule has 7 heteroatoms. The molecular formula is C8H5BrF3NO2. The smallest absolute Gasteiger partial charge is 0.417 e. The van der Waals surface area contributed by atoms with E-state index in [1.807, 2.05) is 0 Å². The number of hydrogen-bond donors (Lipinski definition) is 0. The average Bonchev–Trinajstić information content (AvgIpc) is 2.15. The third-order valence-corrected chi connectivity index (χ3v) is 2.20. The number of alkyl halides is 3. The topological polar surface area (TPSA) is 39.2 Å². The number of carbonyl (C=O) groups excluding carboxylic acids is 1. The Labute approximate surface area is 91.4 Å². The van der Waals surface area contributed by atoms with E-state index in [0.717, 1.165) is 19.4 Å². The van der Waals surface area contributed by atoms with Crippen LogP contribution in [0.5, 0.6) is 0 Å². The molecule has 0 spiro atoms. The molecule has 0 unspecified atom stereocenters. The Hall–Kier alpha value is -1.11. The Balaban J connectivity index is 3.40. The summed E-state index contributed by atoms with van der Waals surface area (Å²) in [5.74, 6) is -1.08. The molecule has 0 aromatic carbocycles. The molecule has 0 saturated heterocycles. The lowest BCUT2D eigenvalue weighted by molar-refractivity contribution is -0.138. The summed E-state index contributed by atoms with van der Waals surface area (Å²) in [5.41, 5.74) is -1.69. The number of ether oxygens (including phenoxy) is 1. The van der Waals surface area contributed by atoms with Crippen LogP contribution in [0.25, 0.3) is 0 Å². The molecular weight excluding hydrogens is 279 g/mol. The van der Waals surface area contributed by atoms with Crippen molar-refractivity contribution in [2.24, 2.45) is 0 Å². The van der Waals surface area contributed by atoms with E-state index in [2.05, 4.69) is 25.7 Å². The van der Waals surface area contributed by atoms with Crippen molar-refractivity contribution >= 4 is 21.9 Å². The van der Waals surface area contributed by atoms with E-state index < -0.39 is 23.3 Å². The summed E-state index contributed by atoms with van der Waals surface area (Å²) < 4.78 is 41.5. The zero-order valence-corrected chi connectivity index (χ0v) is 9.02. The van der Waals surface area contributed by atoms with Crippen LogP contribution in [-0.4, -0.2) is 18.1 Å². The Morgan fingerprint density at radius 3 is 2.60 bits per heavy atom. The van der Waals surface area contributed by atoms with E-state index in [-0.39, 0.29) is 4.60 Å². The van der Waals surface area contributed by atoms with E-state index in [4.69, 9.17) is 0 Å². The van der Waals surface area contributed by atoms with Gasteiger partial charge in [-0.25, -0.2) is 9.78 Å². The molecule has 0 aliphatic carbocycles. The quantitative estimate of drug-likeness (QED) is 0.588. The fraction of sp³-hybridized carbons (Fsp3) is 0.250. The predicted molar refractivity (Wildman–Crippen MR) is 48.3 cm³/mol. The first-order valence-electron chi connectivity index (χ1n) is 3.68. The Morgan fingerprint density at radius 2 is 2.13 bits per heavy atom. The first kappa shape index (κ1) is 12.0. The van der Waals surface area contributed by atoms with Gasteiger partial charge in [0.2, 0.25) is 0 Å². The fourth-order valence-corrected chi connectivity index (χ4v) is 1.46. The minimum absolute atomic E-state index is 0.191. The molecule has 0 bridgehead atoms. The van der Waals surface area contributed by atoms with Crippen LogP contribution < -0.4 is 0 Å². The van der Waals surface area contributed by atoms with E-state index >= 15 is 0 Å². The molecule has 0 saturated carbocycles. The normalized spacial score (nSPS) is 11.3. The number of carbonyl (C=O) groups is 1. The van der Waals surface area contributed by atoms with E-state index in [1.165, 1.54) is 0 Å². The van der Waals surface area contributed by atoms with Gasteiger partial charge in [-0.05, 0) is 22.0 Å². The van der Waals surface area contributed by atoms with Crippen LogP contribution in [0.15, 0.2) is 16.9 Å². The third kappa shape index (κ3) is 2.47. The van der Waals surface area contributed by atoms with Gasteiger partial charge in [-0.3, -0.25) is 0 Å². The second-order valence-electron chi connectivity index (χ2n) is 2.51. The van der Waals surface area contributed by atoms with Crippen LogP contribution in [0.4, 0.5) is 13.2 Å². The van der Waals surface area contributed by atoms with Gasteiger partial charge in [0.15, 0.2) is 0 Å². The number of methoxy groups -OCH3 is 1. The number of aromatic nitrogens is 1. The van der Waals surface area contributed by atoms with Gasteiger partial charge in [0.25, 0.3) is 0 Å². The van der Waals surface area contributed by atoms with Crippen LogP contribution in [0.1, 0.15) is 15.9 Å². The highest BCUT2D eigenvalue weighted by Crippen LogP contribution is 2.34. The van der Waals surface area contributed by atoms with Crippen molar-refractivity contribution in [2.75, 3.05) is 7.11 Å². The minimum atomic E-state index is -4.62. The molecule has 0 radical (unpaired) electrons. The maximum atomic E-state index is 12.5. The largest absolute Gasteiger partial charge is 0.465 e. The van der Waals surface area contributed by atoms with Gasteiger partial charge >= 0.3 is 12.1 Å². The van der Waals surface area contributed by atoms with Crippen molar-refractivity contribution in [2.45, 2.75) is 6.18 Å². The van der Waals surface area contributed by atoms with Crippen LogP contribution >= 0.6 is 15.9 Å². The Bertz CT molecular complexity index is 392. The fourth-order valence-electron chi connectivity index (χ4n) is 0.969. The van der Waals surface area contributed by atoms with Crippen molar-refractivity contribution in [3.05, 3.63) is 28.0 Å². The SMILES string of the molecule is COC(=O)c1c(C(F)(F)F)ccnc1Br. The summed E-state index contributed by atoms with van der Waals surface area (Å²) in [7, 11) is 1.00. The molecule has 0 N–H and O–H groups in total. The van der Waals surface area contributed by atoms with Crippen molar-refractivity contribution in [3.63, 3.8) is 0 Å². The predicted octanol–water partition coefficient (Wildman–Crippen LogP) is 2.65. The number of halogens is 4. The van der Waals surface area contributed by atoms with E-state index in [1.54, 1.807) is 0 Å². The highest BCUT2D eigenvalue weighted by atomic mass is 79.9. The second kappa shape index (κ2) is 4.18. The molecule has 15 heavy (non-hydrogen) atoms. The molecule has 1 rings (SSSR count). The molecule has 82 valence electrons. The van der Waals surface area contributed by atoms with Crippen LogP contribution in [0.2, 0.25) is 0 Å². The lowest BCUT2D eigenvalue weighted by atomic mass is 10.1. The highest BCUT2D eigenvalue weighted by molar-refractivity contribution is 9.10. The molecule has 0 fully saturated rings. The lowest BCUT2D eigenvalue weighted by Crippen LogP contribution is -2.15. The Morgan fingerprint density at radius 1 is 1.53 bits per heavy atom. The average molecular weight is 284 g/mol. The monoisotopic (exact) mass is 283 g/mol. The maximum Gasteiger partial charge on any atom is 0.417 e. The van der Waals surface area contributed by atoms with Gasteiger partial charge in [-0.15, -0.1) is 0 Å². The highest BCUT2D eigenvalue weighted by Gasteiger charge is 2.37. The number of hydrogen-bond acceptors (Lipinski definition) is 3. The van der Waals surface area contributed by atoms with Crippen LogP contribution in [0, 0.1) is 0 Å². The summed E-state index contributed by atoms with van der Waals surface area (Å²) >= 11 is 2.77. The molecule has 1 aromatic rings. The van der Waals surface area contributed by atoms with Gasteiger partial charge in [0.1, 0.15) is 10.2 Å². The van der Waals surface area contributed by atoms with Crippen LogP contribution in [-0.2, 0) is 10.9 Å². The van der Waals surface area contributed by atoms with E-state index in [9.17, 15) is 18.0 Å². The lowest BCUT2D eigenvalue weighted by Gasteiger charge is -2.11. The molecule has 0 aliphatic heterocycles. The minimum Gasteiger partial charge on any atom is -0.465 e. The molecule has 1 aromatic heterocycles. The van der Waals surface area contributed by atoms with Gasteiger partial charge in [0.05, 0.1) is 12.7 Å². The first-order valence-corrected chi connectivity index (χ1v) is 4.47. The maximum absolute atomic E-state index is 12.5. The number of nitrogens with zero attached hydrogens (tertiary/aromatic N) is 1. The summed E-state index contributed by atoms with van der Waals surface area (Å²) in [4.78, 5) is 14.6. The molecule has 0 amide bonds. The zero-order valence-electron chi connectivity index (χ0n) is 7.43. The Kier molecular flexibility index (Phi) is 3.33. The van der Waals surface area contributed by atoms with Crippen molar-refractivity contribution < 1.29 is 22.7 Å². The van der Waals surface area contributed by atoms with Gasteiger partial charge in [-0.1, -0.05) is 0 Å². The van der Waals surface area contributed by atoms with Crippen molar-refractivity contribution in [1.82, 2.24) is 4.98 Å². The van der Waals surface area contributed by atoms with Gasteiger partial charge in [0, 0.05) is 6.20 Å². The number of rotatable bonds is 1. The molecule has 0 atom stereocenters. The van der Waals surface area contributed by atoms with Crippen LogP contribution in [0.3, 0.4) is 0 Å². The standard InChI is InChI=1S/C8H5BrF3NO2/c1-15-7(14)5-4(8(10,11)12)2-3-13-6(5)9/h2-3H,1H3.